The predicted molar refractivity (Wildman–Crippen MR) is 68.7 cm³/mol. The van der Waals surface area contributed by atoms with Crippen molar-refractivity contribution in [1.29, 1.82) is 5.26 Å². The van der Waals surface area contributed by atoms with Crippen molar-refractivity contribution in [2.45, 2.75) is 38.8 Å². The Morgan fingerprint density at radius 3 is 2.82 bits per heavy atom. The molecule has 0 amide bonds. The van der Waals surface area contributed by atoms with Gasteiger partial charge in [0.1, 0.15) is 6.04 Å². The molecule has 0 bridgehead atoms. The highest BCUT2D eigenvalue weighted by molar-refractivity contribution is 4.92. The van der Waals surface area contributed by atoms with E-state index in [1.54, 1.807) is 0 Å². The lowest BCUT2D eigenvalue weighted by Crippen LogP contribution is -2.43. The smallest absolute Gasteiger partial charge is 0.108 e. The van der Waals surface area contributed by atoms with Crippen LogP contribution in [0.1, 0.15) is 26.7 Å². The van der Waals surface area contributed by atoms with Crippen LogP contribution in [0.15, 0.2) is 0 Å². The monoisotopic (exact) mass is 239 g/mol. The van der Waals surface area contributed by atoms with Gasteiger partial charge in [0.15, 0.2) is 0 Å². The van der Waals surface area contributed by atoms with Gasteiger partial charge in [0.05, 0.1) is 12.7 Å². The van der Waals surface area contributed by atoms with Gasteiger partial charge in [-0.2, -0.15) is 5.26 Å². The highest BCUT2D eigenvalue weighted by Gasteiger charge is 2.18. The van der Waals surface area contributed by atoms with Gasteiger partial charge >= 0.3 is 0 Å². The molecule has 1 N–H and O–H groups in total. The zero-order valence-electron chi connectivity index (χ0n) is 11.3. The van der Waals surface area contributed by atoms with Crippen molar-refractivity contribution in [3.8, 4) is 6.07 Å². The molecule has 0 saturated carbocycles. The molecule has 1 rings (SSSR count). The van der Waals surface area contributed by atoms with Gasteiger partial charge < -0.3 is 9.64 Å². The molecule has 0 radical (unpaired) electrons. The number of nitrogens with zero attached hydrogens (tertiary/aromatic N) is 2. The van der Waals surface area contributed by atoms with Gasteiger partial charge in [-0.25, -0.2) is 0 Å². The van der Waals surface area contributed by atoms with E-state index in [2.05, 4.69) is 37.2 Å². The maximum atomic E-state index is 9.07. The van der Waals surface area contributed by atoms with Gasteiger partial charge in [-0.05, 0) is 39.7 Å². The molecule has 98 valence electrons. The van der Waals surface area contributed by atoms with Crippen molar-refractivity contribution >= 4 is 0 Å². The number of ether oxygens (including phenoxy) is 1. The minimum atomic E-state index is -0.0792. The van der Waals surface area contributed by atoms with Gasteiger partial charge in [-0.15, -0.1) is 0 Å². The maximum absolute atomic E-state index is 9.07. The van der Waals surface area contributed by atoms with Gasteiger partial charge in [0, 0.05) is 25.7 Å². The molecule has 0 spiro atoms. The standard InChI is InChI=1S/C13H25N3O/c1-11(2)15-13(7-14)9-16(3)8-12-5-4-6-17-10-12/h11-13,15H,4-6,8-10H2,1-3H3. The Balaban J connectivity index is 2.26. The van der Waals surface area contributed by atoms with E-state index in [1.165, 1.54) is 12.8 Å². The molecular weight excluding hydrogens is 214 g/mol. The molecule has 0 aromatic heterocycles. The van der Waals surface area contributed by atoms with Crippen LogP contribution in [0.4, 0.5) is 0 Å². The topological polar surface area (TPSA) is 48.3 Å². The number of rotatable bonds is 6. The second-order valence-corrected chi connectivity index (χ2v) is 5.31. The average molecular weight is 239 g/mol. The molecule has 4 nitrogen and oxygen atoms in total. The van der Waals surface area contributed by atoms with Crippen LogP contribution in [0, 0.1) is 17.2 Å². The van der Waals surface area contributed by atoms with Crippen molar-refractivity contribution in [2.24, 2.45) is 5.92 Å². The first-order valence-electron chi connectivity index (χ1n) is 6.53. The van der Waals surface area contributed by atoms with Crippen LogP contribution in [0.3, 0.4) is 0 Å². The van der Waals surface area contributed by atoms with Crippen LogP contribution in [0.25, 0.3) is 0 Å². The second-order valence-electron chi connectivity index (χ2n) is 5.31. The molecule has 1 aliphatic rings. The molecule has 1 saturated heterocycles. The second kappa shape index (κ2) is 7.65. The van der Waals surface area contributed by atoms with E-state index in [0.717, 1.165) is 26.3 Å². The average Bonchev–Trinajstić information content (AvgIpc) is 2.28. The Morgan fingerprint density at radius 1 is 1.53 bits per heavy atom. The van der Waals surface area contributed by atoms with Gasteiger partial charge in [-0.3, -0.25) is 5.32 Å². The van der Waals surface area contributed by atoms with Crippen LogP contribution in [0.2, 0.25) is 0 Å². The molecule has 2 atom stereocenters. The lowest BCUT2D eigenvalue weighted by Gasteiger charge is -2.28. The number of hydrogen-bond acceptors (Lipinski definition) is 4. The summed E-state index contributed by atoms with van der Waals surface area (Å²) >= 11 is 0. The zero-order valence-corrected chi connectivity index (χ0v) is 11.3. The molecule has 1 fully saturated rings. The first kappa shape index (κ1) is 14.4. The van der Waals surface area contributed by atoms with Crippen molar-refractivity contribution in [3.63, 3.8) is 0 Å². The van der Waals surface area contributed by atoms with Crippen molar-refractivity contribution in [1.82, 2.24) is 10.2 Å². The molecule has 0 aromatic rings. The van der Waals surface area contributed by atoms with Crippen LogP contribution in [0.5, 0.6) is 0 Å². The highest BCUT2D eigenvalue weighted by Crippen LogP contribution is 2.14. The summed E-state index contributed by atoms with van der Waals surface area (Å²) in [6, 6.07) is 2.59. The zero-order chi connectivity index (χ0) is 12.7. The summed E-state index contributed by atoms with van der Waals surface area (Å²) in [5.41, 5.74) is 0. The van der Waals surface area contributed by atoms with E-state index in [0.29, 0.717) is 12.0 Å². The number of hydrogen-bond donors (Lipinski definition) is 1. The molecule has 0 aromatic carbocycles. The molecule has 17 heavy (non-hydrogen) atoms. The molecule has 2 unspecified atom stereocenters. The minimum absolute atomic E-state index is 0.0792. The first-order valence-corrected chi connectivity index (χ1v) is 6.53. The van der Waals surface area contributed by atoms with Crippen LogP contribution < -0.4 is 5.32 Å². The largest absolute Gasteiger partial charge is 0.381 e. The van der Waals surface area contributed by atoms with E-state index in [1.807, 2.05) is 0 Å². The summed E-state index contributed by atoms with van der Waals surface area (Å²) in [6.45, 7) is 7.73. The number of likely N-dealkylation sites (N-methyl/N-ethyl adjacent to an activating group) is 1. The Morgan fingerprint density at radius 2 is 2.29 bits per heavy atom. The Bertz CT molecular complexity index is 244. The van der Waals surface area contributed by atoms with Gasteiger partial charge in [0.2, 0.25) is 0 Å². The molecule has 4 heteroatoms. The minimum Gasteiger partial charge on any atom is -0.381 e. The SMILES string of the molecule is CC(C)NC(C#N)CN(C)CC1CCCOC1. The fourth-order valence-corrected chi connectivity index (χ4v) is 2.31. The Labute approximate surface area is 105 Å². The third-order valence-electron chi connectivity index (χ3n) is 3.01. The van der Waals surface area contributed by atoms with Gasteiger partial charge in [-0.1, -0.05) is 0 Å². The first-order chi connectivity index (χ1) is 8.11. The van der Waals surface area contributed by atoms with Crippen molar-refractivity contribution in [3.05, 3.63) is 0 Å². The molecule has 1 heterocycles. The number of nitrogens with one attached hydrogen (secondary N) is 1. The summed E-state index contributed by atoms with van der Waals surface area (Å²) in [5.74, 6) is 0.632. The normalized spacial score (nSPS) is 22.7. The lowest BCUT2D eigenvalue weighted by atomic mass is 10.0. The lowest BCUT2D eigenvalue weighted by molar-refractivity contribution is 0.0415. The van der Waals surface area contributed by atoms with E-state index < -0.39 is 0 Å². The highest BCUT2D eigenvalue weighted by atomic mass is 16.5. The fraction of sp³-hybridized carbons (Fsp3) is 0.923. The van der Waals surface area contributed by atoms with E-state index in [4.69, 9.17) is 10.00 Å². The Hall–Kier alpha value is -0.630. The van der Waals surface area contributed by atoms with E-state index >= 15 is 0 Å². The molecule has 1 aliphatic heterocycles. The number of nitriles is 1. The van der Waals surface area contributed by atoms with Gasteiger partial charge in [0.25, 0.3) is 0 Å². The quantitative estimate of drug-likeness (QED) is 0.757. The van der Waals surface area contributed by atoms with Crippen LogP contribution in [-0.2, 0) is 4.74 Å². The van der Waals surface area contributed by atoms with Crippen molar-refractivity contribution in [2.75, 3.05) is 33.4 Å². The maximum Gasteiger partial charge on any atom is 0.108 e. The summed E-state index contributed by atoms with van der Waals surface area (Å²) in [6.07, 6.45) is 2.42. The third kappa shape index (κ3) is 6.02. The van der Waals surface area contributed by atoms with Crippen LogP contribution >= 0.6 is 0 Å². The van der Waals surface area contributed by atoms with E-state index in [9.17, 15) is 0 Å². The summed E-state index contributed by atoms with van der Waals surface area (Å²) in [5, 5.41) is 12.3. The van der Waals surface area contributed by atoms with E-state index in [-0.39, 0.29) is 6.04 Å². The Kier molecular flexibility index (Phi) is 6.49. The summed E-state index contributed by atoms with van der Waals surface area (Å²) < 4.78 is 5.47. The molecular formula is C13H25N3O. The van der Waals surface area contributed by atoms with Crippen LogP contribution in [-0.4, -0.2) is 50.3 Å². The third-order valence-corrected chi connectivity index (χ3v) is 3.01. The summed E-state index contributed by atoms with van der Waals surface area (Å²) in [4.78, 5) is 2.24. The summed E-state index contributed by atoms with van der Waals surface area (Å²) in [7, 11) is 2.08. The predicted octanol–water partition coefficient (Wildman–Crippen LogP) is 1.23. The van der Waals surface area contributed by atoms with Crippen molar-refractivity contribution < 1.29 is 4.74 Å². The molecule has 0 aliphatic carbocycles. The fourth-order valence-electron chi connectivity index (χ4n) is 2.31.